The van der Waals surface area contributed by atoms with Gasteiger partial charge in [-0.05, 0) is 38.5 Å². The van der Waals surface area contributed by atoms with E-state index in [-0.39, 0.29) is 23.5 Å². The predicted molar refractivity (Wildman–Crippen MR) is 75.7 cm³/mol. The molecule has 2 N–H and O–H groups in total. The second kappa shape index (κ2) is 6.24. The van der Waals surface area contributed by atoms with E-state index in [4.69, 9.17) is 0 Å². The third-order valence-corrected chi connectivity index (χ3v) is 5.45. The van der Waals surface area contributed by atoms with E-state index in [1.807, 2.05) is 6.92 Å². The summed E-state index contributed by atoms with van der Waals surface area (Å²) in [4.78, 5) is 4.10. The van der Waals surface area contributed by atoms with E-state index in [0.717, 1.165) is 19.3 Å². The van der Waals surface area contributed by atoms with Crippen LogP contribution in [0.3, 0.4) is 0 Å². The highest BCUT2D eigenvalue weighted by Crippen LogP contribution is 2.30. The largest absolute Gasteiger partial charge is 0.396 e. The molecule has 2 rings (SSSR count). The Kier molecular flexibility index (Phi) is 4.82. The van der Waals surface area contributed by atoms with Crippen LogP contribution in [0.2, 0.25) is 0 Å². The van der Waals surface area contributed by atoms with Crippen molar-refractivity contribution in [3.8, 4) is 0 Å². The van der Waals surface area contributed by atoms with Crippen molar-refractivity contribution in [2.24, 2.45) is 11.8 Å². The quantitative estimate of drug-likeness (QED) is 0.817. The molecule has 114 valence electrons. The van der Waals surface area contributed by atoms with Gasteiger partial charge in [0, 0.05) is 25.9 Å². The molecule has 0 spiro atoms. The van der Waals surface area contributed by atoms with Crippen LogP contribution in [0.1, 0.15) is 32.0 Å². The van der Waals surface area contributed by atoms with Gasteiger partial charge in [0.15, 0.2) is 5.03 Å². The van der Waals surface area contributed by atoms with Gasteiger partial charge in [-0.25, -0.2) is 18.1 Å². The topological polar surface area (TPSA) is 84.2 Å². The third-order valence-electron chi connectivity index (χ3n) is 4.16. The van der Waals surface area contributed by atoms with Crippen LogP contribution in [-0.4, -0.2) is 36.2 Å². The normalized spacial score (nSPS) is 23.4. The first-order valence-corrected chi connectivity index (χ1v) is 8.60. The fourth-order valence-electron chi connectivity index (χ4n) is 2.84. The number of rotatable bonds is 6. The summed E-state index contributed by atoms with van der Waals surface area (Å²) in [7, 11) is -3.55. The fraction of sp³-hybridized carbons (Fsp3) is 0.769. The van der Waals surface area contributed by atoms with Gasteiger partial charge in [-0.2, -0.15) is 0 Å². The number of aliphatic hydroxyl groups excluding tert-OH is 1. The highest BCUT2D eigenvalue weighted by Gasteiger charge is 2.28. The Hall–Kier alpha value is -0.920. The molecule has 1 aliphatic carbocycles. The van der Waals surface area contributed by atoms with Crippen molar-refractivity contribution in [1.82, 2.24) is 14.3 Å². The molecule has 1 aromatic heterocycles. The number of hydrogen-bond acceptors (Lipinski definition) is 4. The van der Waals surface area contributed by atoms with E-state index in [1.165, 1.54) is 0 Å². The molecule has 1 heterocycles. The zero-order valence-corrected chi connectivity index (χ0v) is 12.9. The molecule has 0 saturated heterocycles. The molecule has 0 radical (unpaired) electrons. The Balaban J connectivity index is 2.03. The van der Waals surface area contributed by atoms with Crippen molar-refractivity contribution < 1.29 is 13.5 Å². The molecule has 0 aliphatic heterocycles. The van der Waals surface area contributed by atoms with Crippen molar-refractivity contribution in [1.29, 1.82) is 0 Å². The number of nitrogens with one attached hydrogen (secondary N) is 1. The Morgan fingerprint density at radius 3 is 2.75 bits per heavy atom. The van der Waals surface area contributed by atoms with Gasteiger partial charge in [-0.1, -0.05) is 6.42 Å². The van der Waals surface area contributed by atoms with Gasteiger partial charge in [0.1, 0.15) is 5.82 Å². The number of nitrogens with zero attached hydrogens (tertiary/aromatic N) is 2. The van der Waals surface area contributed by atoms with E-state index < -0.39 is 10.0 Å². The van der Waals surface area contributed by atoms with Crippen LogP contribution >= 0.6 is 0 Å². The summed E-state index contributed by atoms with van der Waals surface area (Å²) in [5, 5.41) is 9.34. The first-order valence-electron chi connectivity index (χ1n) is 7.12. The van der Waals surface area contributed by atoms with E-state index in [1.54, 1.807) is 17.7 Å². The van der Waals surface area contributed by atoms with Crippen molar-refractivity contribution in [3.05, 3.63) is 12.0 Å². The van der Waals surface area contributed by atoms with Crippen LogP contribution in [0.15, 0.2) is 11.2 Å². The third kappa shape index (κ3) is 3.21. The monoisotopic (exact) mass is 301 g/mol. The highest BCUT2D eigenvalue weighted by molar-refractivity contribution is 7.89. The first-order chi connectivity index (χ1) is 9.47. The lowest BCUT2D eigenvalue weighted by Crippen LogP contribution is -2.32. The van der Waals surface area contributed by atoms with Gasteiger partial charge in [0.05, 0.1) is 0 Å². The zero-order valence-electron chi connectivity index (χ0n) is 12.0. The van der Waals surface area contributed by atoms with Crippen molar-refractivity contribution in [2.75, 3.05) is 13.2 Å². The van der Waals surface area contributed by atoms with E-state index in [9.17, 15) is 13.5 Å². The summed E-state index contributed by atoms with van der Waals surface area (Å²) in [5.41, 5.74) is 0. The lowest BCUT2D eigenvalue weighted by molar-refractivity contribution is 0.195. The zero-order chi connectivity index (χ0) is 14.8. The van der Waals surface area contributed by atoms with E-state index in [0.29, 0.717) is 18.9 Å². The molecule has 1 aliphatic rings. The van der Waals surface area contributed by atoms with Gasteiger partial charge < -0.3 is 9.67 Å². The lowest BCUT2D eigenvalue weighted by Gasteiger charge is -2.17. The average molecular weight is 301 g/mol. The first kappa shape index (κ1) is 15.5. The summed E-state index contributed by atoms with van der Waals surface area (Å²) in [6, 6.07) is 0. The number of aryl methyl sites for hydroxylation is 2. The molecule has 20 heavy (non-hydrogen) atoms. The summed E-state index contributed by atoms with van der Waals surface area (Å²) in [6.07, 6.45) is 4.57. The number of imidazole rings is 1. The molecule has 0 aromatic carbocycles. The molecule has 2 unspecified atom stereocenters. The number of aliphatic hydroxyl groups is 1. The van der Waals surface area contributed by atoms with Gasteiger partial charge in [-0.3, -0.25) is 0 Å². The minimum Gasteiger partial charge on any atom is -0.396 e. The van der Waals surface area contributed by atoms with Crippen LogP contribution in [0.25, 0.3) is 0 Å². The van der Waals surface area contributed by atoms with Crippen LogP contribution in [0, 0.1) is 18.8 Å². The average Bonchev–Trinajstić information content (AvgIpc) is 3.02. The predicted octanol–water partition coefficient (Wildman–Crippen LogP) is 0.898. The van der Waals surface area contributed by atoms with E-state index in [2.05, 4.69) is 9.71 Å². The second-order valence-corrected chi connectivity index (χ2v) is 7.11. The van der Waals surface area contributed by atoms with Crippen LogP contribution in [-0.2, 0) is 16.6 Å². The summed E-state index contributed by atoms with van der Waals surface area (Å²) >= 11 is 0. The molecule has 0 amide bonds. The molecule has 7 heteroatoms. The van der Waals surface area contributed by atoms with E-state index >= 15 is 0 Å². The van der Waals surface area contributed by atoms with Crippen LogP contribution in [0.4, 0.5) is 0 Å². The summed E-state index contributed by atoms with van der Waals surface area (Å²) in [5.74, 6) is 1.14. The summed E-state index contributed by atoms with van der Waals surface area (Å²) < 4.78 is 28.9. The second-order valence-electron chi connectivity index (χ2n) is 5.40. The van der Waals surface area contributed by atoms with Gasteiger partial charge in [0.2, 0.25) is 0 Å². The van der Waals surface area contributed by atoms with Gasteiger partial charge in [0.25, 0.3) is 10.0 Å². The smallest absolute Gasteiger partial charge is 0.259 e. The standard InChI is InChI=1S/C13H23N3O3S/c1-3-16-8-13(15-10(16)2)20(18,19)14-7-11-5-4-6-12(11)9-17/h8,11-12,14,17H,3-7,9H2,1-2H3. The fourth-order valence-corrected chi connectivity index (χ4v) is 3.94. The van der Waals surface area contributed by atoms with Crippen LogP contribution in [0.5, 0.6) is 0 Å². The number of sulfonamides is 1. The lowest BCUT2D eigenvalue weighted by atomic mass is 9.97. The van der Waals surface area contributed by atoms with Gasteiger partial charge >= 0.3 is 0 Å². The van der Waals surface area contributed by atoms with Gasteiger partial charge in [-0.15, -0.1) is 0 Å². The Labute approximate surface area is 120 Å². The maximum Gasteiger partial charge on any atom is 0.259 e. The number of aromatic nitrogens is 2. The molecule has 1 fully saturated rings. The summed E-state index contributed by atoms with van der Waals surface area (Å²) in [6.45, 7) is 4.95. The Bertz CT molecular complexity index is 553. The molecule has 0 bridgehead atoms. The molecule has 6 nitrogen and oxygen atoms in total. The minimum absolute atomic E-state index is 0.0791. The maximum atomic E-state index is 12.2. The van der Waals surface area contributed by atoms with Crippen LogP contribution < -0.4 is 4.72 Å². The molecular formula is C13H23N3O3S. The molecule has 1 saturated carbocycles. The number of hydrogen-bond donors (Lipinski definition) is 2. The Morgan fingerprint density at radius 2 is 2.15 bits per heavy atom. The molecular weight excluding hydrogens is 278 g/mol. The molecule has 2 atom stereocenters. The van der Waals surface area contributed by atoms with Crippen molar-refractivity contribution in [3.63, 3.8) is 0 Å². The maximum absolute atomic E-state index is 12.2. The van der Waals surface area contributed by atoms with Crippen molar-refractivity contribution >= 4 is 10.0 Å². The highest BCUT2D eigenvalue weighted by atomic mass is 32.2. The molecule has 1 aromatic rings. The Morgan fingerprint density at radius 1 is 1.45 bits per heavy atom. The van der Waals surface area contributed by atoms with Crippen molar-refractivity contribution in [2.45, 2.75) is 44.7 Å². The SMILES string of the molecule is CCn1cc(S(=O)(=O)NCC2CCCC2CO)nc1C. The minimum atomic E-state index is -3.55.